The van der Waals surface area contributed by atoms with E-state index >= 15 is 0 Å². The Morgan fingerprint density at radius 2 is 1.75 bits per heavy atom. The number of pyridine rings is 1. The fourth-order valence-corrected chi connectivity index (χ4v) is 2.77. The summed E-state index contributed by atoms with van der Waals surface area (Å²) in [4.78, 5) is 16.2. The van der Waals surface area contributed by atoms with Crippen LogP contribution >= 0.6 is 0 Å². The molecule has 0 atom stereocenters. The lowest BCUT2D eigenvalue weighted by Gasteiger charge is -2.09. The van der Waals surface area contributed by atoms with Crippen LogP contribution < -0.4 is 10.1 Å². The first-order valence-electron chi connectivity index (χ1n) is 9.21. The topological polar surface area (TPSA) is 60.5 Å². The zero-order valence-corrected chi connectivity index (χ0v) is 15.9. The molecule has 0 aliphatic heterocycles. The summed E-state index contributed by atoms with van der Waals surface area (Å²) in [6.07, 6.45) is 4.61. The fraction of sp³-hybridized carbons (Fsp3) is 0.217. The van der Waals surface area contributed by atoms with Gasteiger partial charge < -0.3 is 14.8 Å². The van der Waals surface area contributed by atoms with Crippen molar-refractivity contribution in [1.29, 1.82) is 0 Å². The van der Waals surface area contributed by atoms with E-state index in [9.17, 15) is 4.79 Å². The summed E-state index contributed by atoms with van der Waals surface area (Å²) in [7, 11) is 1.65. The van der Waals surface area contributed by atoms with Crippen LogP contribution in [-0.2, 0) is 29.2 Å². The first-order valence-corrected chi connectivity index (χ1v) is 9.21. The normalized spacial score (nSPS) is 10.5. The highest BCUT2D eigenvalue weighted by Gasteiger charge is 2.04. The fourth-order valence-electron chi connectivity index (χ4n) is 2.77. The Balaban J connectivity index is 1.45. The molecule has 0 fully saturated rings. The van der Waals surface area contributed by atoms with Gasteiger partial charge in [-0.05, 0) is 53.4 Å². The van der Waals surface area contributed by atoms with Crippen molar-refractivity contribution in [1.82, 2.24) is 4.98 Å². The van der Waals surface area contributed by atoms with Crippen LogP contribution in [0.25, 0.3) is 0 Å². The second kappa shape index (κ2) is 10.2. The number of hydrogen-bond donors (Lipinski definition) is 1. The van der Waals surface area contributed by atoms with Crippen molar-refractivity contribution in [3.05, 3.63) is 89.7 Å². The van der Waals surface area contributed by atoms with E-state index in [1.54, 1.807) is 19.5 Å². The smallest absolute Gasteiger partial charge is 0.224 e. The van der Waals surface area contributed by atoms with Gasteiger partial charge in [-0.15, -0.1) is 0 Å². The van der Waals surface area contributed by atoms with E-state index in [1.165, 1.54) is 0 Å². The number of amides is 1. The number of benzene rings is 2. The average molecular weight is 376 g/mol. The Morgan fingerprint density at radius 3 is 2.50 bits per heavy atom. The number of rotatable bonds is 9. The Morgan fingerprint density at radius 1 is 0.964 bits per heavy atom. The molecule has 5 nitrogen and oxygen atoms in total. The number of ether oxygens (including phenoxy) is 2. The van der Waals surface area contributed by atoms with E-state index in [-0.39, 0.29) is 5.91 Å². The number of anilines is 1. The summed E-state index contributed by atoms with van der Waals surface area (Å²) in [5, 5.41) is 2.94. The first kappa shape index (κ1) is 19.6. The van der Waals surface area contributed by atoms with E-state index in [2.05, 4.69) is 10.3 Å². The molecular weight excluding hydrogens is 352 g/mol. The molecular formula is C23H24N2O3. The van der Waals surface area contributed by atoms with Crippen LogP contribution in [-0.4, -0.2) is 18.0 Å². The molecule has 0 saturated carbocycles. The van der Waals surface area contributed by atoms with E-state index in [0.717, 1.165) is 28.1 Å². The Hall–Kier alpha value is -3.18. The van der Waals surface area contributed by atoms with Crippen molar-refractivity contribution in [2.75, 3.05) is 12.4 Å². The summed E-state index contributed by atoms with van der Waals surface area (Å²) in [6, 6.07) is 19.4. The third-order valence-corrected chi connectivity index (χ3v) is 4.27. The second-order valence-corrected chi connectivity index (χ2v) is 6.45. The molecule has 0 aliphatic carbocycles. The molecule has 0 saturated heterocycles. The van der Waals surface area contributed by atoms with Gasteiger partial charge in [-0.1, -0.05) is 30.3 Å². The zero-order valence-electron chi connectivity index (χ0n) is 15.9. The minimum atomic E-state index is -0.0137. The van der Waals surface area contributed by atoms with E-state index in [0.29, 0.717) is 26.1 Å². The van der Waals surface area contributed by atoms with Crippen LogP contribution in [0.5, 0.6) is 5.75 Å². The highest BCUT2D eigenvalue weighted by molar-refractivity contribution is 5.90. The minimum Gasteiger partial charge on any atom is -0.497 e. The van der Waals surface area contributed by atoms with Crippen LogP contribution in [0.2, 0.25) is 0 Å². The monoisotopic (exact) mass is 376 g/mol. The largest absolute Gasteiger partial charge is 0.497 e. The molecule has 144 valence electrons. The van der Waals surface area contributed by atoms with Crippen molar-refractivity contribution in [3.63, 3.8) is 0 Å². The molecule has 1 amide bonds. The van der Waals surface area contributed by atoms with E-state index in [1.807, 2.05) is 60.7 Å². The van der Waals surface area contributed by atoms with Crippen LogP contribution in [0, 0.1) is 0 Å². The molecule has 0 radical (unpaired) electrons. The third kappa shape index (κ3) is 6.21. The average Bonchev–Trinajstić information content (AvgIpc) is 2.74. The lowest BCUT2D eigenvalue weighted by Crippen LogP contribution is -2.12. The highest BCUT2D eigenvalue weighted by Crippen LogP contribution is 2.15. The maximum absolute atomic E-state index is 12.2. The quantitative estimate of drug-likeness (QED) is 0.602. The molecule has 0 unspecified atom stereocenters. The van der Waals surface area contributed by atoms with Crippen LogP contribution in [0.3, 0.4) is 0 Å². The van der Waals surface area contributed by atoms with Crippen molar-refractivity contribution in [3.8, 4) is 5.75 Å². The van der Waals surface area contributed by atoms with Gasteiger partial charge in [-0.3, -0.25) is 9.78 Å². The van der Waals surface area contributed by atoms with Gasteiger partial charge in [0.2, 0.25) is 5.91 Å². The standard InChI is InChI=1S/C23H24N2O3/c1-27-22-10-7-19(8-11-22)16-28-17-20-4-2-6-21(14-20)25-23(26)12-9-18-5-3-13-24-15-18/h2-8,10-11,13-15H,9,12,16-17H2,1H3,(H,25,26). The molecule has 28 heavy (non-hydrogen) atoms. The molecule has 5 heteroatoms. The van der Waals surface area contributed by atoms with Gasteiger partial charge in [0.25, 0.3) is 0 Å². The van der Waals surface area contributed by atoms with Gasteiger partial charge in [0.15, 0.2) is 0 Å². The van der Waals surface area contributed by atoms with E-state index in [4.69, 9.17) is 9.47 Å². The summed E-state index contributed by atoms with van der Waals surface area (Å²) in [5.74, 6) is 0.816. The summed E-state index contributed by atoms with van der Waals surface area (Å²) in [6.45, 7) is 0.997. The van der Waals surface area contributed by atoms with Crippen LogP contribution in [0.15, 0.2) is 73.1 Å². The lowest BCUT2D eigenvalue weighted by atomic mass is 10.1. The van der Waals surface area contributed by atoms with Gasteiger partial charge in [0.1, 0.15) is 5.75 Å². The summed E-state index contributed by atoms with van der Waals surface area (Å²) in [5.41, 5.74) is 3.93. The number of methoxy groups -OCH3 is 1. The van der Waals surface area contributed by atoms with Crippen LogP contribution in [0.1, 0.15) is 23.1 Å². The Kier molecular flexibility index (Phi) is 7.15. The molecule has 2 aromatic carbocycles. The molecule has 1 aromatic heterocycles. The highest BCUT2D eigenvalue weighted by atomic mass is 16.5. The number of carbonyl (C=O) groups excluding carboxylic acids is 1. The number of hydrogen-bond acceptors (Lipinski definition) is 4. The molecule has 0 aliphatic rings. The van der Waals surface area contributed by atoms with Crippen molar-refractivity contribution < 1.29 is 14.3 Å². The van der Waals surface area contributed by atoms with Gasteiger partial charge >= 0.3 is 0 Å². The van der Waals surface area contributed by atoms with Crippen LogP contribution in [0.4, 0.5) is 5.69 Å². The molecule has 0 bridgehead atoms. The third-order valence-electron chi connectivity index (χ3n) is 4.27. The number of aryl methyl sites for hydroxylation is 1. The number of nitrogens with one attached hydrogen (secondary N) is 1. The van der Waals surface area contributed by atoms with Crippen molar-refractivity contribution >= 4 is 11.6 Å². The van der Waals surface area contributed by atoms with Crippen molar-refractivity contribution in [2.45, 2.75) is 26.1 Å². The molecule has 1 N–H and O–H groups in total. The van der Waals surface area contributed by atoms with Gasteiger partial charge in [0.05, 0.1) is 20.3 Å². The van der Waals surface area contributed by atoms with Gasteiger partial charge in [0, 0.05) is 24.5 Å². The van der Waals surface area contributed by atoms with Gasteiger partial charge in [-0.2, -0.15) is 0 Å². The van der Waals surface area contributed by atoms with E-state index < -0.39 is 0 Å². The molecule has 3 rings (SSSR count). The number of aromatic nitrogens is 1. The van der Waals surface area contributed by atoms with Crippen molar-refractivity contribution in [2.24, 2.45) is 0 Å². The minimum absolute atomic E-state index is 0.0137. The SMILES string of the molecule is COc1ccc(COCc2cccc(NC(=O)CCc3cccnc3)c2)cc1. The Labute approximate surface area is 165 Å². The Bertz CT molecular complexity index is 880. The predicted octanol–water partition coefficient (Wildman–Crippen LogP) is 4.38. The van der Waals surface area contributed by atoms with Gasteiger partial charge in [-0.25, -0.2) is 0 Å². The maximum atomic E-state index is 12.2. The predicted molar refractivity (Wildman–Crippen MR) is 109 cm³/mol. The molecule has 1 heterocycles. The molecule has 0 spiro atoms. The number of carbonyl (C=O) groups is 1. The molecule has 3 aromatic rings. The lowest BCUT2D eigenvalue weighted by molar-refractivity contribution is -0.116. The summed E-state index contributed by atoms with van der Waals surface area (Å²) >= 11 is 0. The zero-order chi connectivity index (χ0) is 19.6. The second-order valence-electron chi connectivity index (χ2n) is 6.45. The number of nitrogens with zero attached hydrogens (tertiary/aromatic N) is 1. The first-order chi connectivity index (χ1) is 13.7. The maximum Gasteiger partial charge on any atom is 0.224 e. The summed E-state index contributed by atoms with van der Waals surface area (Å²) < 4.78 is 10.9.